The van der Waals surface area contributed by atoms with E-state index >= 15 is 0 Å². The third kappa shape index (κ3) is 9.33. The minimum atomic E-state index is -4.25. The standard InChI is InChI=1S/C15H26F3N3O2S.ClH/c16-15(17,18)12-23-8-1-3-20-4-6-21(7-5-20)14(22)10-13-11-24-9-2-19-13;/h13,19H,1-12H2;1H. The van der Waals surface area contributed by atoms with Crippen molar-refractivity contribution in [2.24, 2.45) is 0 Å². The van der Waals surface area contributed by atoms with Crippen LogP contribution in [0.2, 0.25) is 0 Å². The smallest absolute Gasteiger partial charge is 0.372 e. The van der Waals surface area contributed by atoms with Crippen molar-refractivity contribution in [1.29, 1.82) is 0 Å². The Balaban J connectivity index is 0.00000312. The van der Waals surface area contributed by atoms with Gasteiger partial charge in [-0.05, 0) is 6.42 Å². The molecule has 0 aromatic carbocycles. The normalized spacial score (nSPS) is 22.5. The topological polar surface area (TPSA) is 44.8 Å². The molecule has 148 valence electrons. The van der Waals surface area contributed by atoms with E-state index in [1.54, 1.807) is 0 Å². The average molecular weight is 406 g/mol. The fourth-order valence-electron chi connectivity index (χ4n) is 2.89. The molecule has 1 amide bonds. The van der Waals surface area contributed by atoms with Crippen molar-refractivity contribution >= 4 is 30.1 Å². The van der Waals surface area contributed by atoms with E-state index in [2.05, 4.69) is 15.0 Å². The second kappa shape index (κ2) is 11.5. The predicted octanol–water partition coefficient (Wildman–Crippen LogP) is 1.62. The van der Waals surface area contributed by atoms with Crippen LogP contribution in [0, 0.1) is 0 Å². The lowest BCUT2D eigenvalue weighted by molar-refractivity contribution is -0.174. The van der Waals surface area contributed by atoms with E-state index in [9.17, 15) is 18.0 Å². The minimum absolute atomic E-state index is 0. The van der Waals surface area contributed by atoms with Gasteiger partial charge in [-0.15, -0.1) is 12.4 Å². The number of carbonyl (C=O) groups is 1. The lowest BCUT2D eigenvalue weighted by atomic mass is 10.2. The Hall–Kier alpha value is -0.220. The summed E-state index contributed by atoms with van der Waals surface area (Å²) in [6, 6.07) is 0.278. The third-order valence-corrected chi connectivity index (χ3v) is 5.30. The van der Waals surface area contributed by atoms with Gasteiger partial charge in [0.15, 0.2) is 0 Å². The molecule has 2 saturated heterocycles. The molecule has 0 radical (unpaired) electrons. The maximum absolute atomic E-state index is 12.3. The van der Waals surface area contributed by atoms with Crippen LogP contribution in [0.1, 0.15) is 12.8 Å². The second-order valence-electron chi connectivity index (χ2n) is 6.17. The van der Waals surface area contributed by atoms with Gasteiger partial charge in [0, 0.05) is 69.8 Å². The highest BCUT2D eigenvalue weighted by atomic mass is 35.5. The number of alkyl halides is 3. The third-order valence-electron chi connectivity index (χ3n) is 4.17. The van der Waals surface area contributed by atoms with E-state index in [4.69, 9.17) is 0 Å². The number of hydrogen-bond acceptors (Lipinski definition) is 5. The summed E-state index contributed by atoms with van der Waals surface area (Å²) in [7, 11) is 0. The van der Waals surface area contributed by atoms with Crippen LogP contribution in [-0.2, 0) is 9.53 Å². The highest BCUT2D eigenvalue weighted by Crippen LogP contribution is 2.15. The molecule has 25 heavy (non-hydrogen) atoms. The average Bonchev–Trinajstić information content (AvgIpc) is 2.55. The quantitative estimate of drug-likeness (QED) is 0.652. The number of piperazine rings is 1. The Morgan fingerprint density at radius 3 is 2.56 bits per heavy atom. The van der Waals surface area contributed by atoms with E-state index in [1.807, 2.05) is 16.7 Å². The van der Waals surface area contributed by atoms with Gasteiger partial charge in [-0.1, -0.05) is 0 Å². The molecule has 2 aliphatic heterocycles. The van der Waals surface area contributed by atoms with Crippen molar-refractivity contribution < 1.29 is 22.7 Å². The largest absolute Gasteiger partial charge is 0.411 e. The number of hydrogen-bond donors (Lipinski definition) is 1. The fourth-order valence-corrected chi connectivity index (χ4v) is 3.84. The van der Waals surface area contributed by atoms with Crippen LogP contribution in [0.5, 0.6) is 0 Å². The lowest BCUT2D eigenvalue weighted by Crippen LogP contribution is -2.50. The molecule has 0 bridgehead atoms. The summed E-state index contributed by atoms with van der Waals surface area (Å²) in [4.78, 5) is 16.4. The van der Waals surface area contributed by atoms with E-state index in [0.717, 1.165) is 31.1 Å². The summed E-state index contributed by atoms with van der Waals surface area (Å²) in [6.45, 7) is 3.56. The van der Waals surface area contributed by atoms with Crippen LogP contribution in [-0.4, -0.2) is 91.9 Å². The fraction of sp³-hybridized carbons (Fsp3) is 0.933. The lowest BCUT2D eigenvalue weighted by Gasteiger charge is -2.35. The Labute approximate surface area is 157 Å². The van der Waals surface area contributed by atoms with Crippen LogP contribution in [0.4, 0.5) is 13.2 Å². The monoisotopic (exact) mass is 405 g/mol. The molecule has 1 unspecified atom stereocenters. The van der Waals surface area contributed by atoms with Crippen molar-refractivity contribution in [3.63, 3.8) is 0 Å². The van der Waals surface area contributed by atoms with Gasteiger partial charge in [0.25, 0.3) is 0 Å². The Morgan fingerprint density at radius 2 is 1.96 bits per heavy atom. The Kier molecular flexibility index (Phi) is 10.5. The molecule has 1 N–H and O–H groups in total. The van der Waals surface area contributed by atoms with Gasteiger partial charge in [-0.25, -0.2) is 0 Å². The zero-order chi connectivity index (χ0) is 17.4. The Bertz CT molecular complexity index is 391. The number of nitrogens with one attached hydrogen (secondary N) is 1. The van der Waals surface area contributed by atoms with Crippen LogP contribution in [0.25, 0.3) is 0 Å². The van der Waals surface area contributed by atoms with Crippen molar-refractivity contribution in [2.75, 3.05) is 64.0 Å². The summed E-state index contributed by atoms with van der Waals surface area (Å²) in [6.07, 6.45) is -3.12. The number of rotatable bonds is 7. The summed E-state index contributed by atoms with van der Waals surface area (Å²) in [5.41, 5.74) is 0. The molecular formula is C15H27ClF3N3O2S. The summed E-state index contributed by atoms with van der Waals surface area (Å²) < 4.78 is 40.4. The van der Waals surface area contributed by atoms with Crippen LogP contribution in [0.15, 0.2) is 0 Å². The van der Waals surface area contributed by atoms with Crippen molar-refractivity contribution in [3.05, 3.63) is 0 Å². The summed E-state index contributed by atoms with van der Waals surface area (Å²) >= 11 is 1.88. The van der Waals surface area contributed by atoms with Crippen LogP contribution in [0.3, 0.4) is 0 Å². The molecule has 1 atom stereocenters. The van der Waals surface area contributed by atoms with Gasteiger partial charge in [0.2, 0.25) is 5.91 Å². The molecule has 0 aromatic rings. The molecule has 2 fully saturated rings. The summed E-state index contributed by atoms with van der Waals surface area (Å²) in [5, 5.41) is 3.38. The van der Waals surface area contributed by atoms with Crippen molar-refractivity contribution in [1.82, 2.24) is 15.1 Å². The van der Waals surface area contributed by atoms with Gasteiger partial charge >= 0.3 is 6.18 Å². The molecule has 5 nitrogen and oxygen atoms in total. The highest BCUT2D eigenvalue weighted by Gasteiger charge is 2.27. The van der Waals surface area contributed by atoms with E-state index in [1.165, 1.54) is 0 Å². The van der Waals surface area contributed by atoms with E-state index in [0.29, 0.717) is 32.5 Å². The van der Waals surface area contributed by atoms with Gasteiger partial charge in [-0.2, -0.15) is 24.9 Å². The first-order chi connectivity index (χ1) is 11.4. The summed E-state index contributed by atoms with van der Waals surface area (Å²) in [5.74, 6) is 2.29. The highest BCUT2D eigenvalue weighted by molar-refractivity contribution is 7.99. The van der Waals surface area contributed by atoms with E-state index < -0.39 is 12.8 Å². The molecule has 0 spiro atoms. The molecule has 10 heteroatoms. The number of thioether (sulfide) groups is 1. The number of nitrogens with zero attached hydrogens (tertiary/aromatic N) is 2. The first-order valence-corrected chi connectivity index (χ1v) is 9.55. The first kappa shape index (κ1) is 22.8. The van der Waals surface area contributed by atoms with Gasteiger partial charge in [0.05, 0.1) is 0 Å². The number of ether oxygens (including phenoxy) is 1. The predicted molar refractivity (Wildman–Crippen MR) is 95.5 cm³/mol. The SMILES string of the molecule is Cl.O=C(CC1CSCCN1)N1CCN(CCCOCC(F)(F)F)CC1. The van der Waals surface area contributed by atoms with Gasteiger partial charge < -0.3 is 15.0 Å². The van der Waals surface area contributed by atoms with Gasteiger partial charge in [0.1, 0.15) is 6.61 Å². The number of halogens is 4. The zero-order valence-electron chi connectivity index (χ0n) is 14.2. The zero-order valence-corrected chi connectivity index (χ0v) is 15.9. The van der Waals surface area contributed by atoms with Crippen LogP contribution >= 0.6 is 24.2 Å². The molecular weight excluding hydrogens is 379 g/mol. The van der Waals surface area contributed by atoms with Gasteiger partial charge in [-0.3, -0.25) is 9.69 Å². The maximum atomic E-state index is 12.3. The van der Waals surface area contributed by atoms with Crippen molar-refractivity contribution in [2.45, 2.75) is 25.1 Å². The molecule has 2 heterocycles. The molecule has 0 saturated carbocycles. The molecule has 2 rings (SSSR count). The van der Waals surface area contributed by atoms with E-state index in [-0.39, 0.29) is 31.0 Å². The van der Waals surface area contributed by atoms with Crippen LogP contribution < -0.4 is 5.32 Å². The molecule has 0 aromatic heterocycles. The molecule has 2 aliphatic rings. The second-order valence-corrected chi connectivity index (χ2v) is 7.32. The Morgan fingerprint density at radius 1 is 1.24 bits per heavy atom. The minimum Gasteiger partial charge on any atom is -0.372 e. The first-order valence-electron chi connectivity index (χ1n) is 8.40. The maximum Gasteiger partial charge on any atom is 0.411 e. The molecule has 0 aliphatic carbocycles. The number of carbonyl (C=O) groups excluding carboxylic acids is 1. The van der Waals surface area contributed by atoms with Crippen molar-refractivity contribution in [3.8, 4) is 0 Å². The number of amides is 1.